The van der Waals surface area contributed by atoms with Gasteiger partial charge in [-0.25, -0.2) is 0 Å². The third-order valence-electron chi connectivity index (χ3n) is 1.88. The summed E-state index contributed by atoms with van der Waals surface area (Å²) in [6.45, 7) is 2.79. The van der Waals surface area contributed by atoms with Gasteiger partial charge in [0.2, 0.25) is 5.91 Å². The summed E-state index contributed by atoms with van der Waals surface area (Å²) in [6, 6.07) is 7.78. The Labute approximate surface area is 92.8 Å². The van der Waals surface area contributed by atoms with Crippen LogP contribution in [0.25, 0.3) is 0 Å². The normalized spacial score (nSPS) is 9.86. The highest BCUT2D eigenvalue weighted by molar-refractivity contribution is 9.10. The highest BCUT2D eigenvalue weighted by atomic mass is 79.9. The molecule has 0 heterocycles. The molecule has 76 valence electrons. The Morgan fingerprint density at radius 3 is 2.79 bits per heavy atom. The van der Waals surface area contributed by atoms with Crippen LogP contribution in [0, 0.1) is 0 Å². The van der Waals surface area contributed by atoms with Crippen LogP contribution in [-0.4, -0.2) is 12.5 Å². The van der Waals surface area contributed by atoms with E-state index in [4.69, 9.17) is 0 Å². The molecule has 1 aromatic carbocycles. The largest absolute Gasteiger partial charge is 0.356 e. The molecule has 1 aromatic rings. The molecule has 0 saturated heterocycles. The quantitative estimate of drug-likeness (QED) is 0.881. The molecule has 1 rings (SSSR count). The smallest absolute Gasteiger partial charge is 0.224 e. The van der Waals surface area contributed by atoms with Gasteiger partial charge in [-0.1, -0.05) is 41.1 Å². The molecule has 14 heavy (non-hydrogen) atoms. The van der Waals surface area contributed by atoms with E-state index in [1.165, 1.54) is 0 Å². The summed E-state index contributed by atoms with van der Waals surface area (Å²) in [6.07, 6.45) is 1.42. The lowest BCUT2D eigenvalue weighted by atomic mass is 10.1. The van der Waals surface area contributed by atoms with Gasteiger partial charge in [0.05, 0.1) is 6.42 Å². The van der Waals surface area contributed by atoms with Crippen molar-refractivity contribution in [3.8, 4) is 0 Å². The van der Waals surface area contributed by atoms with Gasteiger partial charge < -0.3 is 5.32 Å². The summed E-state index contributed by atoms with van der Waals surface area (Å²) < 4.78 is 0.992. The fourth-order valence-corrected chi connectivity index (χ4v) is 1.57. The van der Waals surface area contributed by atoms with Crippen molar-refractivity contribution in [1.29, 1.82) is 0 Å². The summed E-state index contributed by atoms with van der Waals surface area (Å²) in [5, 5.41) is 2.85. The van der Waals surface area contributed by atoms with Crippen molar-refractivity contribution in [3.63, 3.8) is 0 Å². The molecule has 2 nitrogen and oxygen atoms in total. The maximum Gasteiger partial charge on any atom is 0.224 e. The maximum absolute atomic E-state index is 11.4. The molecular formula is C11H14BrNO. The Morgan fingerprint density at radius 2 is 2.14 bits per heavy atom. The third-order valence-corrected chi connectivity index (χ3v) is 2.65. The van der Waals surface area contributed by atoms with Gasteiger partial charge in [-0.2, -0.15) is 0 Å². The van der Waals surface area contributed by atoms with Gasteiger partial charge in [-0.3, -0.25) is 4.79 Å². The van der Waals surface area contributed by atoms with Gasteiger partial charge in [-0.15, -0.1) is 0 Å². The number of benzene rings is 1. The Kier molecular flexibility index (Phi) is 4.66. The van der Waals surface area contributed by atoms with Gasteiger partial charge in [0.25, 0.3) is 0 Å². The fourth-order valence-electron chi connectivity index (χ4n) is 1.14. The lowest BCUT2D eigenvalue weighted by Crippen LogP contribution is -2.25. The average Bonchev–Trinajstić information content (AvgIpc) is 2.18. The minimum Gasteiger partial charge on any atom is -0.356 e. The van der Waals surface area contributed by atoms with Gasteiger partial charge in [-0.05, 0) is 18.1 Å². The molecular weight excluding hydrogens is 242 g/mol. The SMILES string of the molecule is CCCNC(=O)Cc1ccccc1Br. The molecule has 0 aromatic heterocycles. The lowest BCUT2D eigenvalue weighted by Gasteiger charge is -2.04. The second-order valence-electron chi connectivity index (χ2n) is 3.12. The van der Waals surface area contributed by atoms with Gasteiger partial charge in [0.15, 0.2) is 0 Å². The summed E-state index contributed by atoms with van der Waals surface area (Å²) >= 11 is 3.41. The van der Waals surface area contributed by atoms with Crippen LogP contribution in [0.3, 0.4) is 0 Å². The van der Waals surface area contributed by atoms with Crippen LogP contribution in [0.2, 0.25) is 0 Å². The minimum absolute atomic E-state index is 0.0822. The topological polar surface area (TPSA) is 29.1 Å². The van der Waals surface area contributed by atoms with Gasteiger partial charge >= 0.3 is 0 Å². The Hall–Kier alpha value is -0.830. The van der Waals surface area contributed by atoms with Crippen molar-refractivity contribution in [2.45, 2.75) is 19.8 Å². The molecule has 0 fully saturated rings. The number of nitrogens with one attached hydrogen (secondary N) is 1. The number of rotatable bonds is 4. The predicted octanol–water partition coefficient (Wildman–Crippen LogP) is 2.52. The average molecular weight is 256 g/mol. The molecule has 0 unspecified atom stereocenters. The summed E-state index contributed by atoms with van der Waals surface area (Å²) in [4.78, 5) is 11.4. The van der Waals surface area contributed by atoms with E-state index < -0.39 is 0 Å². The molecule has 0 spiro atoms. The standard InChI is InChI=1S/C11H14BrNO/c1-2-7-13-11(14)8-9-5-3-4-6-10(9)12/h3-6H,2,7-8H2,1H3,(H,13,14). The van der Waals surface area contributed by atoms with E-state index in [2.05, 4.69) is 21.2 Å². The second kappa shape index (κ2) is 5.81. The number of hydrogen-bond donors (Lipinski definition) is 1. The first-order valence-electron chi connectivity index (χ1n) is 4.74. The molecule has 0 bridgehead atoms. The van der Waals surface area contributed by atoms with E-state index >= 15 is 0 Å². The van der Waals surface area contributed by atoms with Crippen LogP contribution in [-0.2, 0) is 11.2 Å². The number of carbonyl (C=O) groups is 1. The Morgan fingerprint density at radius 1 is 1.43 bits per heavy atom. The third kappa shape index (κ3) is 3.50. The van der Waals surface area contributed by atoms with Crippen LogP contribution in [0.1, 0.15) is 18.9 Å². The zero-order valence-electron chi connectivity index (χ0n) is 8.22. The first-order valence-corrected chi connectivity index (χ1v) is 5.53. The van der Waals surface area contributed by atoms with E-state index in [0.29, 0.717) is 6.42 Å². The molecule has 1 N–H and O–H groups in total. The summed E-state index contributed by atoms with van der Waals surface area (Å²) in [7, 11) is 0. The number of hydrogen-bond acceptors (Lipinski definition) is 1. The van der Waals surface area contributed by atoms with Crippen molar-refractivity contribution in [2.24, 2.45) is 0 Å². The molecule has 0 aliphatic rings. The van der Waals surface area contributed by atoms with E-state index in [1.54, 1.807) is 0 Å². The summed E-state index contributed by atoms with van der Waals surface area (Å²) in [5.41, 5.74) is 1.03. The monoisotopic (exact) mass is 255 g/mol. The highest BCUT2D eigenvalue weighted by Gasteiger charge is 2.04. The lowest BCUT2D eigenvalue weighted by molar-refractivity contribution is -0.120. The van der Waals surface area contributed by atoms with Crippen LogP contribution in [0.15, 0.2) is 28.7 Å². The second-order valence-corrected chi connectivity index (χ2v) is 3.97. The first kappa shape index (κ1) is 11.2. The maximum atomic E-state index is 11.4. The first-order chi connectivity index (χ1) is 6.74. The molecule has 3 heteroatoms. The van der Waals surface area contributed by atoms with Crippen LogP contribution in [0.4, 0.5) is 0 Å². The Bertz CT molecular complexity index is 312. The van der Waals surface area contributed by atoms with Crippen molar-refractivity contribution in [3.05, 3.63) is 34.3 Å². The number of amides is 1. The predicted molar refractivity (Wildman–Crippen MR) is 61.1 cm³/mol. The molecule has 0 radical (unpaired) electrons. The minimum atomic E-state index is 0.0822. The summed E-state index contributed by atoms with van der Waals surface area (Å²) in [5.74, 6) is 0.0822. The van der Waals surface area contributed by atoms with Crippen LogP contribution < -0.4 is 5.32 Å². The molecule has 0 saturated carbocycles. The number of halogens is 1. The zero-order chi connectivity index (χ0) is 10.4. The van der Waals surface area contributed by atoms with E-state index in [0.717, 1.165) is 23.0 Å². The molecule has 1 amide bonds. The van der Waals surface area contributed by atoms with Crippen molar-refractivity contribution >= 4 is 21.8 Å². The van der Waals surface area contributed by atoms with Crippen LogP contribution in [0.5, 0.6) is 0 Å². The van der Waals surface area contributed by atoms with Crippen molar-refractivity contribution in [1.82, 2.24) is 5.32 Å². The molecule has 0 aliphatic heterocycles. The van der Waals surface area contributed by atoms with Crippen molar-refractivity contribution in [2.75, 3.05) is 6.54 Å². The highest BCUT2D eigenvalue weighted by Crippen LogP contribution is 2.15. The van der Waals surface area contributed by atoms with Crippen molar-refractivity contribution < 1.29 is 4.79 Å². The molecule has 0 atom stereocenters. The van der Waals surface area contributed by atoms with E-state index in [1.807, 2.05) is 31.2 Å². The number of carbonyl (C=O) groups excluding carboxylic acids is 1. The Balaban J connectivity index is 2.52. The van der Waals surface area contributed by atoms with E-state index in [-0.39, 0.29) is 5.91 Å². The van der Waals surface area contributed by atoms with Gasteiger partial charge in [0.1, 0.15) is 0 Å². The van der Waals surface area contributed by atoms with Crippen LogP contribution >= 0.6 is 15.9 Å². The molecule has 0 aliphatic carbocycles. The van der Waals surface area contributed by atoms with E-state index in [9.17, 15) is 4.79 Å². The fraction of sp³-hybridized carbons (Fsp3) is 0.364. The van der Waals surface area contributed by atoms with Gasteiger partial charge in [0, 0.05) is 11.0 Å². The zero-order valence-corrected chi connectivity index (χ0v) is 9.80.